The first-order valence-electron chi connectivity index (χ1n) is 4.63. The van der Waals surface area contributed by atoms with Gasteiger partial charge < -0.3 is 5.32 Å². The van der Waals surface area contributed by atoms with Crippen molar-refractivity contribution in [2.75, 3.05) is 5.32 Å². The molecule has 0 fully saturated rings. The molecular weight excluding hydrogens is 198 g/mol. The highest BCUT2D eigenvalue weighted by Crippen LogP contribution is 2.18. The van der Waals surface area contributed by atoms with Gasteiger partial charge in [-0.2, -0.15) is 0 Å². The van der Waals surface area contributed by atoms with E-state index in [-0.39, 0.29) is 5.91 Å². The number of amides is 1. The maximum absolute atomic E-state index is 10.7. The van der Waals surface area contributed by atoms with E-state index in [1.54, 1.807) is 12.1 Å². The van der Waals surface area contributed by atoms with Gasteiger partial charge in [0.2, 0.25) is 5.91 Å². The Morgan fingerprint density at radius 1 is 1.36 bits per heavy atom. The van der Waals surface area contributed by atoms with Crippen LogP contribution in [-0.4, -0.2) is 5.91 Å². The summed E-state index contributed by atoms with van der Waals surface area (Å²) < 4.78 is 0. The molecule has 0 spiro atoms. The summed E-state index contributed by atoms with van der Waals surface area (Å²) in [6, 6.07) is 5.38. The van der Waals surface area contributed by atoms with Gasteiger partial charge in [-0.05, 0) is 30.7 Å². The lowest BCUT2D eigenvalue weighted by molar-refractivity contribution is -0.114. The summed E-state index contributed by atoms with van der Waals surface area (Å²) in [7, 11) is 0. The van der Waals surface area contributed by atoms with Gasteiger partial charge in [0.15, 0.2) is 0 Å². The molecule has 0 saturated carbocycles. The summed E-state index contributed by atoms with van der Waals surface area (Å²) in [5.74, 6) is -0.0725. The Bertz CT molecular complexity index is 310. The minimum absolute atomic E-state index is 0.0725. The zero-order chi connectivity index (χ0) is 11.1. The SMILES string of the molecule is CC.CC(=O)Nc1ccc(Cl)c(C)c1. The number of carbonyl (C=O) groups excluding carboxylic acids is 1. The molecule has 0 aliphatic heterocycles. The van der Waals surface area contributed by atoms with Crippen molar-refractivity contribution in [3.05, 3.63) is 28.8 Å². The molecule has 0 unspecified atom stereocenters. The van der Waals surface area contributed by atoms with Crippen LogP contribution in [0.25, 0.3) is 0 Å². The number of rotatable bonds is 1. The van der Waals surface area contributed by atoms with Crippen LogP contribution in [0.4, 0.5) is 5.69 Å². The molecule has 0 bridgehead atoms. The summed E-state index contributed by atoms with van der Waals surface area (Å²) in [6.07, 6.45) is 0. The van der Waals surface area contributed by atoms with Gasteiger partial charge in [-0.3, -0.25) is 4.79 Å². The molecule has 1 aromatic rings. The van der Waals surface area contributed by atoms with Crippen molar-refractivity contribution in [1.82, 2.24) is 0 Å². The van der Waals surface area contributed by atoms with Gasteiger partial charge in [0, 0.05) is 17.6 Å². The monoisotopic (exact) mass is 213 g/mol. The van der Waals surface area contributed by atoms with E-state index >= 15 is 0 Å². The predicted octanol–water partition coefficient (Wildman–Crippen LogP) is 3.63. The van der Waals surface area contributed by atoms with Gasteiger partial charge in [0.1, 0.15) is 0 Å². The second kappa shape index (κ2) is 6.44. The number of aryl methyl sites for hydroxylation is 1. The molecule has 1 N–H and O–H groups in total. The predicted molar refractivity (Wildman–Crippen MR) is 61.8 cm³/mol. The van der Waals surface area contributed by atoms with Gasteiger partial charge in [-0.1, -0.05) is 25.4 Å². The van der Waals surface area contributed by atoms with Crippen molar-refractivity contribution in [2.45, 2.75) is 27.7 Å². The van der Waals surface area contributed by atoms with Crippen molar-refractivity contribution in [2.24, 2.45) is 0 Å². The average Bonchev–Trinajstić information content (AvgIpc) is 2.14. The number of hydrogen-bond donors (Lipinski definition) is 1. The Labute approximate surface area is 90.3 Å². The van der Waals surface area contributed by atoms with E-state index < -0.39 is 0 Å². The maximum atomic E-state index is 10.7. The number of halogens is 1. The summed E-state index contributed by atoms with van der Waals surface area (Å²) in [5, 5.41) is 3.39. The van der Waals surface area contributed by atoms with Crippen LogP contribution in [0.15, 0.2) is 18.2 Å². The quantitative estimate of drug-likeness (QED) is 0.759. The average molecular weight is 214 g/mol. The van der Waals surface area contributed by atoms with Crippen LogP contribution in [0.5, 0.6) is 0 Å². The molecule has 1 rings (SSSR count). The summed E-state index contributed by atoms with van der Waals surface area (Å²) in [6.45, 7) is 7.37. The lowest BCUT2D eigenvalue weighted by atomic mass is 10.2. The van der Waals surface area contributed by atoms with E-state index in [2.05, 4.69) is 5.32 Å². The fourth-order valence-electron chi connectivity index (χ4n) is 0.926. The third-order valence-corrected chi connectivity index (χ3v) is 1.90. The van der Waals surface area contributed by atoms with Crippen LogP contribution in [0, 0.1) is 6.92 Å². The molecule has 0 radical (unpaired) electrons. The molecule has 1 aromatic carbocycles. The van der Waals surface area contributed by atoms with Crippen molar-refractivity contribution in [3.8, 4) is 0 Å². The Morgan fingerprint density at radius 2 is 1.93 bits per heavy atom. The first kappa shape index (κ1) is 13.0. The molecule has 0 saturated heterocycles. The van der Waals surface area contributed by atoms with E-state index in [1.165, 1.54) is 6.92 Å². The Morgan fingerprint density at radius 3 is 2.36 bits per heavy atom. The van der Waals surface area contributed by atoms with Gasteiger partial charge in [-0.25, -0.2) is 0 Å². The topological polar surface area (TPSA) is 29.1 Å². The molecule has 1 amide bonds. The molecule has 14 heavy (non-hydrogen) atoms. The van der Waals surface area contributed by atoms with Crippen molar-refractivity contribution < 1.29 is 4.79 Å². The van der Waals surface area contributed by atoms with E-state index in [4.69, 9.17) is 11.6 Å². The minimum Gasteiger partial charge on any atom is -0.326 e. The third kappa shape index (κ3) is 4.28. The van der Waals surface area contributed by atoms with Gasteiger partial charge in [-0.15, -0.1) is 0 Å². The molecule has 0 aliphatic rings. The van der Waals surface area contributed by atoms with Crippen molar-refractivity contribution in [3.63, 3.8) is 0 Å². The molecule has 3 heteroatoms. The first-order chi connectivity index (χ1) is 6.59. The smallest absolute Gasteiger partial charge is 0.221 e. The highest BCUT2D eigenvalue weighted by molar-refractivity contribution is 6.31. The molecule has 0 aliphatic carbocycles. The van der Waals surface area contributed by atoms with Crippen molar-refractivity contribution >= 4 is 23.2 Å². The zero-order valence-corrected chi connectivity index (χ0v) is 9.77. The molecule has 0 atom stereocenters. The number of benzene rings is 1. The second-order valence-electron chi connectivity index (χ2n) is 2.65. The Kier molecular flexibility index (Phi) is 5.97. The highest BCUT2D eigenvalue weighted by atomic mass is 35.5. The van der Waals surface area contributed by atoms with E-state index in [0.29, 0.717) is 5.02 Å². The fourth-order valence-corrected chi connectivity index (χ4v) is 1.04. The van der Waals surface area contributed by atoms with Crippen LogP contribution >= 0.6 is 11.6 Å². The number of anilines is 1. The molecule has 78 valence electrons. The van der Waals surface area contributed by atoms with E-state index in [0.717, 1.165) is 11.3 Å². The van der Waals surface area contributed by atoms with Gasteiger partial charge in [0.25, 0.3) is 0 Å². The minimum atomic E-state index is -0.0725. The van der Waals surface area contributed by atoms with Crippen molar-refractivity contribution in [1.29, 1.82) is 0 Å². The Balaban J connectivity index is 0.000000791. The zero-order valence-electron chi connectivity index (χ0n) is 9.02. The van der Waals surface area contributed by atoms with E-state index in [9.17, 15) is 4.79 Å². The van der Waals surface area contributed by atoms with E-state index in [1.807, 2.05) is 26.8 Å². The van der Waals surface area contributed by atoms with Crippen LogP contribution < -0.4 is 5.32 Å². The molecular formula is C11H16ClNO. The summed E-state index contributed by atoms with van der Waals surface area (Å²) in [4.78, 5) is 10.7. The largest absolute Gasteiger partial charge is 0.326 e. The molecule has 0 aromatic heterocycles. The lowest BCUT2D eigenvalue weighted by Gasteiger charge is -2.03. The fraction of sp³-hybridized carbons (Fsp3) is 0.364. The summed E-state index contributed by atoms with van der Waals surface area (Å²) in [5.41, 5.74) is 1.74. The number of hydrogen-bond acceptors (Lipinski definition) is 1. The van der Waals surface area contributed by atoms with Crippen LogP contribution in [0.3, 0.4) is 0 Å². The highest BCUT2D eigenvalue weighted by Gasteiger charge is 1.98. The normalized spacial score (nSPS) is 8.64. The third-order valence-electron chi connectivity index (χ3n) is 1.48. The van der Waals surface area contributed by atoms with Crippen LogP contribution in [0.1, 0.15) is 26.3 Å². The molecule has 2 nitrogen and oxygen atoms in total. The first-order valence-corrected chi connectivity index (χ1v) is 5.01. The summed E-state index contributed by atoms with van der Waals surface area (Å²) >= 11 is 5.80. The van der Waals surface area contributed by atoms with Crippen LogP contribution in [-0.2, 0) is 4.79 Å². The number of nitrogens with one attached hydrogen (secondary N) is 1. The lowest BCUT2D eigenvalue weighted by Crippen LogP contribution is -2.05. The van der Waals surface area contributed by atoms with Crippen LogP contribution in [0.2, 0.25) is 5.02 Å². The van der Waals surface area contributed by atoms with Gasteiger partial charge in [0.05, 0.1) is 0 Å². The maximum Gasteiger partial charge on any atom is 0.221 e. The number of carbonyl (C=O) groups is 1. The second-order valence-corrected chi connectivity index (χ2v) is 3.05. The Hall–Kier alpha value is -1.02. The van der Waals surface area contributed by atoms with Gasteiger partial charge >= 0.3 is 0 Å². The molecule has 0 heterocycles. The standard InChI is InChI=1S/C9H10ClNO.C2H6/c1-6-5-8(11-7(2)12)3-4-9(6)10;1-2/h3-5H,1-2H3,(H,11,12);1-2H3.